The van der Waals surface area contributed by atoms with Crippen LogP contribution in [0.4, 0.5) is 0 Å². The molecule has 3 rings (SSSR count). The van der Waals surface area contributed by atoms with Crippen molar-refractivity contribution in [2.24, 2.45) is 5.73 Å². The van der Waals surface area contributed by atoms with Gasteiger partial charge in [0.25, 0.3) is 0 Å². The third-order valence-electron chi connectivity index (χ3n) is 4.16. The van der Waals surface area contributed by atoms with Crippen LogP contribution < -0.4 is 5.73 Å². The fraction of sp³-hybridized carbons (Fsp3) is 0.471. The van der Waals surface area contributed by atoms with E-state index in [4.69, 9.17) is 10.5 Å². The second-order valence-electron chi connectivity index (χ2n) is 6.17. The number of halogens is 1. The molecule has 5 nitrogen and oxygen atoms in total. The summed E-state index contributed by atoms with van der Waals surface area (Å²) < 4.78 is 5.67. The first-order valence-corrected chi connectivity index (χ1v) is 7.79. The number of hydrogen-bond acceptors (Lipinski definition) is 3. The van der Waals surface area contributed by atoms with Gasteiger partial charge in [-0.3, -0.25) is 4.79 Å². The summed E-state index contributed by atoms with van der Waals surface area (Å²) in [6, 6.07) is 7.55. The molecule has 1 aromatic carbocycles. The molecule has 2 heterocycles. The maximum absolute atomic E-state index is 12.6. The van der Waals surface area contributed by atoms with Crippen LogP contribution in [0, 0.1) is 0 Å². The summed E-state index contributed by atoms with van der Waals surface area (Å²) >= 11 is 0. The lowest BCUT2D eigenvalue weighted by molar-refractivity contribution is -0.144. The first-order chi connectivity index (χ1) is 10.5. The molecule has 0 saturated carbocycles. The van der Waals surface area contributed by atoms with Crippen LogP contribution in [-0.2, 0) is 16.0 Å². The smallest absolute Gasteiger partial charge is 0.240 e. The number of aromatic nitrogens is 1. The summed E-state index contributed by atoms with van der Waals surface area (Å²) in [5.74, 6) is 0.00674. The Morgan fingerprint density at radius 1 is 1.35 bits per heavy atom. The van der Waals surface area contributed by atoms with Crippen molar-refractivity contribution in [3.63, 3.8) is 0 Å². The molecule has 1 amide bonds. The molecule has 1 aliphatic rings. The molecule has 2 unspecified atom stereocenters. The van der Waals surface area contributed by atoms with Crippen molar-refractivity contribution in [3.8, 4) is 0 Å². The SMILES string of the molecule is CC1CN(C(=O)[C@@H](N)Cc2c[nH]c3ccccc23)CC(C)O1.Cl. The van der Waals surface area contributed by atoms with E-state index < -0.39 is 6.04 Å². The molecular weight excluding hydrogens is 314 g/mol. The normalized spacial score (nSPS) is 22.7. The second-order valence-corrected chi connectivity index (χ2v) is 6.17. The Morgan fingerprint density at radius 2 is 2.00 bits per heavy atom. The lowest BCUT2D eigenvalue weighted by Gasteiger charge is -2.36. The van der Waals surface area contributed by atoms with Gasteiger partial charge in [-0.2, -0.15) is 0 Å². The number of aromatic amines is 1. The molecule has 1 saturated heterocycles. The Bertz CT molecular complexity index is 663. The van der Waals surface area contributed by atoms with Gasteiger partial charge in [0.2, 0.25) is 5.91 Å². The first kappa shape index (κ1) is 17.8. The molecule has 0 bridgehead atoms. The average molecular weight is 338 g/mol. The lowest BCUT2D eigenvalue weighted by Crippen LogP contribution is -2.53. The van der Waals surface area contributed by atoms with Crippen molar-refractivity contribution in [3.05, 3.63) is 36.0 Å². The highest BCUT2D eigenvalue weighted by Gasteiger charge is 2.29. The quantitative estimate of drug-likeness (QED) is 0.901. The predicted octanol–water partition coefficient (Wildman–Crippen LogP) is 2.10. The average Bonchev–Trinajstić information content (AvgIpc) is 2.89. The number of carbonyl (C=O) groups excluding carboxylic acids is 1. The van der Waals surface area contributed by atoms with Crippen molar-refractivity contribution in [1.82, 2.24) is 9.88 Å². The predicted molar refractivity (Wildman–Crippen MR) is 93.8 cm³/mol. The van der Waals surface area contributed by atoms with Crippen molar-refractivity contribution < 1.29 is 9.53 Å². The van der Waals surface area contributed by atoms with Gasteiger partial charge in [0.05, 0.1) is 18.2 Å². The van der Waals surface area contributed by atoms with E-state index in [1.165, 1.54) is 0 Å². The third-order valence-corrected chi connectivity index (χ3v) is 4.16. The molecule has 3 N–H and O–H groups in total. The number of nitrogens with zero attached hydrogens (tertiary/aromatic N) is 1. The van der Waals surface area contributed by atoms with Gasteiger partial charge in [-0.25, -0.2) is 0 Å². The maximum atomic E-state index is 12.6. The van der Waals surface area contributed by atoms with E-state index in [1.54, 1.807) is 0 Å². The van der Waals surface area contributed by atoms with Crippen LogP contribution in [-0.4, -0.2) is 47.1 Å². The van der Waals surface area contributed by atoms with Crippen LogP contribution in [0.5, 0.6) is 0 Å². The van der Waals surface area contributed by atoms with Gasteiger partial charge in [0, 0.05) is 30.2 Å². The number of hydrogen-bond donors (Lipinski definition) is 2. The van der Waals surface area contributed by atoms with E-state index in [1.807, 2.05) is 43.1 Å². The summed E-state index contributed by atoms with van der Waals surface area (Å²) in [6.45, 7) is 5.21. The van der Waals surface area contributed by atoms with E-state index in [0.29, 0.717) is 19.5 Å². The number of morpholine rings is 1. The molecule has 0 aliphatic carbocycles. The topological polar surface area (TPSA) is 71.3 Å². The highest BCUT2D eigenvalue weighted by molar-refractivity contribution is 5.86. The second kappa shape index (κ2) is 7.34. The largest absolute Gasteiger partial charge is 0.372 e. The fourth-order valence-corrected chi connectivity index (χ4v) is 3.22. The molecule has 2 aromatic rings. The Morgan fingerprint density at radius 3 is 2.70 bits per heavy atom. The summed E-state index contributed by atoms with van der Waals surface area (Å²) in [7, 11) is 0. The lowest BCUT2D eigenvalue weighted by atomic mass is 10.0. The number of fused-ring (bicyclic) bond motifs is 1. The number of amides is 1. The van der Waals surface area contributed by atoms with Crippen molar-refractivity contribution >= 4 is 29.2 Å². The van der Waals surface area contributed by atoms with Gasteiger partial charge in [0.1, 0.15) is 0 Å². The van der Waals surface area contributed by atoms with Crippen LogP contribution in [0.3, 0.4) is 0 Å². The molecule has 0 spiro atoms. The molecule has 1 aromatic heterocycles. The van der Waals surface area contributed by atoms with Crippen molar-refractivity contribution in [2.75, 3.05) is 13.1 Å². The van der Waals surface area contributed by atoms with Gasteiger partial charge in [-0.15, -0.1) is 12.4 Å². The molecular formula is C17H24ClN3O2. The molecule has 0 radical (unpaired) electrons. The van der Waals surface area contributed by atoms with Gasteiger partial charge in [-0.1, -0.05) is 18.2 Å². The zero-order valence-corrected chi connectivity index (χ0v) is 14.3. The van der Waals surface area contributed by atoms with Gasteiger partial charge < -0.3 is 20.4 Å². The van der Waals surface area contributed by atoms with E-state index in [9.17, 15) is 4.79 Å². The highest BCUT2D eigenvalue weighted by atomic mass is 35.5. The van der Waals surface area contributed by atoms with Gasteiger partial charge in [-0.05, 0) is 31.9 Å². The molecule has 3 atom stereocenters. The third kappa shape index (κ3) is 3.86. The molecule has 1 fully saturated rings. The Balaban J connectivity index is 0.00000192. The maximum Gasteiger partial charge on any atom is 0.240 e. The van der Waals surface area contributed by atoms with Gasteiger partial charge in [0.15, 0.2) is 0 Å². The number of nitrogens with two attached hydrogens (primary N) is 1. The molecule has 6 heteroatoms. The summed E-state index contributed by atoms with van der Waals surface area (Å²) in [4.78, 5) is 17.6. The highest BCUT2D eigenvalue weighted by Crippen LogP contribution is 2.20. The minimum absolute atomic E-state index is 0. The standard InChI is InChI=1S/C17H23N3O2.ClH/c1-11-9-20(10-12(2)22-11)17(21)15(18)7-13-8-19-16-6-4-3-5-14(13)16;/h3-6,8,11-12,15,19H,7,9-10,18H2,1-2H3;1H/t11?,12?,15-;/m0./s1. The number of benzene rings is 1. The van der Waals surface area contributed by atoms with Crippen molar-refractivity contribution in [2.45, 2.75) is 38.5 Å². The number of nitrogens with one attached hydrogen (secondary N) is 1. The number of carbonyl (C=O) groups is 1. The van der Waals surface area contributed by atoms with Crippen LogP contribution in [0.1, 0.15) is 19.4 Å². The number of rotatable bonds is 3. The van der Waals surface area contributed by atoms with Crippen molar-refractivity contribution in [1.29, 1.82) is 0 Å². The monoisotopic (exact) mass is 337 g/mol. The van der Waals surface area contributed by atoms with E-state index in [-0.39, 0.29) is 30.5 Å². The van der Waals surface area contributed by atoms with Crippen LogP contribution >= 0.6 is 12.4 Å². The molecule has 1 aliphatic heterocycles. The van der Waals surface area contributed by atoms with E-state index in [2.05, 4.69) is 11.1 Å². The summed E-state index contributed by atoms with van der Waals surface area (Å²) in [5, 5.41) is 1.13. The Labute approximate surface area is 142 Å². The van der Waals surface area contributed by atoms with E-state index in [0.717, 1.165) is 16.5 Å². The van der Waals surface area contributed by atoms with Gasteiger partial charge >= 0.3 is 0 Å². The summed E-state index contributed by atoms with van der Waals surface area (Å²) in [6.07, 6.45) is 2.62. The van der Waals surface area contributed by atoms with Crippen LogP contribution in [0.25, 0.3) is 10.9 Å². The number of H-pyrrole nitrogens is 1. The number of para-hydroxylation sites is 1. The Kier molecular flexibility index (Phi) is 5.68. The zero-order valence-electron chi connectivity index (χ0n) is 13.5. The van der Waals surface area contributed by atoms with Crippen LogP contribution in [0.2, 0.25) is 0 Å². The molecule has 126 valence electrons. The number of ether oxygens (including phenoxy) is 1. The van der Waals surface area contributed by atoms with E-state index >= 15 is 0 Å². The minimum Gasteiger partial charge on any atom is -0.372 e. The fourth-order valence-electron chi connectivity index (χ4n) is 3.22. The zero-order chi connectivity index (χ0) is 15.7. The summed E-state index contributed by atoms with van der Waals surface area (Å²) in [5.41, 5.74) is 8.34. The van der Waals surface area contributed by atoms with Crippen LogP contribution in [0.15, 0.2) is 30.5 Å². The first-order valence-electron chi connectivity index (χ1n) is 7.79. The Hall–Kier alpha value is -1.56. The minimum atomic E-state index is -0.517. The molecule has 23 heavy (non-hydrogen) atoms.